The number of aryl methyl sites for hydroxylation is 2. The molecular formula is C20H23N5O2S. The highest BCUT2D eigenvalue weighted by Gasteiger charge is 2.27. The van der Waals surface area contributed by atoms with Crippen LogP contribution in [0, 0.1) is 19.8 Å². The summed E-state index contributed by atoms with van der Waals surface area (Å²) in [5.74, 6) is -0.0172. The molecule has 0 saturated carbocycles. The van der Waals surface area contributed by atoms with Gasteiger partial charge in [-0.15, -0.1) is 5.10 Å². The first-order chi connectivity index (χ1) is 13.5. The number of benzene rings is 1. The normalized spacial score (nSPS) is 17.1. The van der Waals surface area contributed by atoms with Gasteiger partial charge in [-0.3, -0.25) is 9.59 Å². The molecule has 7 nitrogen and oxygen atoms in total. The molecule has 1 N–H and O–H groups in total. The number of rotatable bonds is 4. The number of nitrogens with one attached hydrogen (secondary N) is 1. The molecule has 3 aromatic rings. The zero-order chi connectivity index (χ0) is 19.7. The Bertz CT molecular complexity index is 1070. The summed E-state index contributed by atoms with van der Waals surface area (Å²) in [4.78, 5) is 31.9. The largest absolute Gasteiger partial charge is 0.352 e. The fraction of sp³-hybridized carbons (Fsp3) is 0.400. The van der Waals surface area contributed by atoms with Crippen molar-refractivity contribution in [3.05, 3.63) is 57.5 Å². The Hall–Kier alpha value is -2.74. The van der Waals surface area contributed by atoms with E-state index in [4.69, 9.17) is 0 Å². The predicted molar refractivity (Wildman–Crippen MR) is 110 cm³/mol. The Morgan fingerprint density at radius 2 is 2.14 bits per heavy atom. The molecule has 0 radical (unpaired) electrons. The molecule has 4 rings (SSSR count). The summed E-state index contributed by atoms with van der Waals surface area (Å²) in [5, 5.41) is 8.25. The van der Waals surface area contributed by atoms with Crippen LogP contribution in [0.1, 0.15) is 29.7 Å². The van der Waals surface area contributed by atoms with Crippen LogP contribution >= 0.6 is 11.3 Å². The van der Waals surface area contributed by atoms with Gasteiger partial charge in [-0.2, -0.15) is 4.52 Å². The molecule has 1 aromatic carbocycles. The third-order valence-electron chi connectivity index (χ3n) is 5.14. The molecule has 8 heteroatoms. The number of carbonyl (C=O) groups is 1. The summed E-state index contributed by atoms with van der Waals surface area (Å²) in [5.41, 5.74) is 2.83. The first-order valence-corrected chi connectivity index (χ1v) is 10.3. The lowest BCUT2D eigenvalue weighted by Crippen LogP contribution is -2.43. The van der Waals surface area contributed by atoms with E-state index in [1.54, 1.807) is 6.92 Å². The minimum absolute atomic E-state index is 0.0696. The Morgan fingerprint density at radius 1 is 1.32 bits per heavy atom. The number of piperidine rings is 1. The van der Waals surface area contributed by atoms with E-state index < -0.39 is 0 Å². The lowest BCUT2D eigenvalue weighted by Gasteiger charge is -2.31. The number of aromatic nitrogens is 3. The quantitative estimate of drug-likeness (QED) is 0.731. The van der Waals surface area contributed by atoms with Crippen molar-refractivity contribution in [1.29, 1.82) is 0 Å². The van der Waals surface area contributed by atoms with Crippen LogP contribution in [0.15, 0.2) is 35.1 Å². The van der Waals surface area contributed by atoms with Crippen LogP contribution in [-0.2, 0) is 11.3 Å². The fourth-order valence-corrected chi connectivity index (χ4v) is 4.53. The van der Waals surface area contributed by atoms with Crippen LogP contribution in [0.3, 0.4) is 0 Å². The molecule has 1 amide bonds. The summed E-state index contributed by atoms with van der Waals surface area (Å²) in [6.45, 7) is 5.83. The van der Waals surface area contributed by atoms with Crippen molar-refractivity contribution in [2.24, 2.45) is 5.92 Å². The third-order valence-corrected chi connectivity index (χ3v) is 6.11. The molecule has 0 unspecified atom stereocenters. The van der Waals surface area contributed by atoms with E-state index in [-0.39, 0.29) is 17.4 Å². The van der Waals surface area contributed by atoms with E-state index in [1.807, 2.05) is 18.2 Å². The minimum Gasteiger partial charge on any atom is -0.352 e. The molecule has 1 fully saturated rings. The van der Waals surface area contributed by atoms with Crippen molar-refractivity contribution in [1.82, 2.24) is 19.9 Å². The van der Waals surface area contributed by atoms with Gasteiger partial charge in [-0.25, -0.2) is 4.98 Å². The average Bonchev–Trinajstić information content (AvgIpc) is 3.12. The van der Waals surface area contributed by atoms with Crippen molar-refractivity contribution in [3.63, 3.8) is 0 Å². The van der Waals surface area contributed by atoms with Crippen molar-refractivity contribution in [3.8, 4) is 0 Å². The van der Waals surface area contributed by atoms with Crippen LogP contribution < -0.4 is 15.8 Å². The maximum atomic E-state index is 12.7. The first kappa shape index (κ1) is 18.6. The van der Waals surface area contributed by atoms with Crippen LogP contribution in [0.25, 0.3) is 4.96 Å². The molecule has 1 saturated heterocycles. The van der Waals surface area contributed by atoms with Crippen LogP contribution in [0.4, 0.5) is 5.13 Å². The van der Waals surface area contributed by atoms with E-state index >= 15 is 0 Å². The first-order valence-electron chi connectivity index (χ1n) is 9.46. The van der Waals surface area contributed by atoms with Gasteiger partial charge in [0.15, 0.2) is 0 Å². The van der Waals surface area contributed by atoms with Crippen molar-refractivity contribution >= 4 is 27.3 Å². The number of nitrogens with zero attached hydrogens (tertiary/aromatic N) is 4. The highest BCUT2D eigenvalue weighted by molar-refractivity contribution is 7.20. The fourth-order valence-electron chi connectivity index (χ4n) is 3.54. The molecule has 1 aliphatic rings. The Morgan fingerprint density at radius 3 is 2.96 bits per heavy atom. The molecule has 0 spiro atoms. The zero-order valence-electron chi connectivity index (χ0n) is 16.0. The van der Waals surface area contributed by atoms with E-state index in [2.05, 4.69) is 33.3 Å². The SMILES string of the molecule is Cc1cc(=O)n2nc(N3CCC[C@H](C(=O)NCc4ccccc4C)C3)sc2n1. The topological polar surface area (TPSA) is 79.6 Å². The lowest BCUT2D eigenvalue weighted by molar-refractivity contribution is -0.125. The monoisotopic (exact) mass is 397 g/mol. The lowest BCUT2D eigenvalue weighted by atomic mass is 9.97. The maximum absolute atomic E-state index is 12.7. The van der Waals surface area contributed by atoms with Crippen LogP contribution in [0.5, 0.6) is 0 Å². The van der Waals surface area contributed by atoms with Gasteiger partial charge in [0.05, 0.1) is 5.92 Å². The predicted octanol–water partition coefficient (Wildman–Crippen LogP) is 2.30. The number of anilines is 1. The molecule has 0 bridgehead atoms. The Balaban J connectivity index is 1.45. The molecule has 1 aliphatic heterocycles. The summed E-state index contributed by atoms with van der Waals surface area (Å²) < 4.78 is 1.34. The van der Waals surface area contributed by atoms with Crippen LogP contribution in [0.2, 0.25) is 0 Å². The minimum atomic E-state index is -0.172. The second-order valence-electron chi connectivity index (χ2n) is 7.24. The van der Waals surface area contributed by atoms with Gasteiger partial charge in [0.25, 0.3) is 5.56 Å². The van der Waals surface area contributed by atoms with Crippen LogP contribution in [-0.4, -0.2) is 33.6 Å². The molecule has 0 aliphatic carbocycles. The second kappa shape index (κ2) is 7.71. The van der Waals surface area contributed by atoms with Gasteiger partial charge in [-0.1, -0.05) is 35.6 Å². The third kappa shape index (κ3) is 3.77. The van der Waals surface area contributed by atoms with E-state index in [0.29, 0.717) is 23.7 Å². The molecule has 28 heavy (non-hydrogen) atoms. The Labute approximate surface area is 167 Å². The number of hydrogen-bond donors (Lipinski definition) is 1. The smallest absolute Gasteiger partial charge is 0.275 e. The van der Waals surface area contributed by atoms with Gasteiger partial charge in [-0.05, 0) is 37.8 Å². The van der Waals surface area contributed by atoms with Gasteiger partial charge >= 0.3 is 0 Å². The molecule has 2 aromatic heterocycles. The van der Waals surface area contributed by atoms with Crippen molar-refractivity contribution < 1.29 is 4.79 Å². The highest BCUT2D eigenvalue weighted by atomic mass is 32.1. The zero-order valence-corrected chi connectivity index (χ0v) is 16.8. The Kier molecular flexibility index (Phi) is 5.13. The summed E-state index contributed by atoms with van der Waals surface area (Å²) in [6, 6.07) is 9.56. The van der Waals surface area contributed by atoms with Gasteiger partial charge in [0, 0.05) is 31.4 Å². The standard InChI is InChI=1S/C20H23N5O2S/c1-13-6-3-4-7-15(13)11-21-18(27)16-8-5-9-24(12-16)20-23-25-17(26)10-14(2)22-19(25)28-20/h3-4,6-7,10,16H,5,8-9,11-12H2,1-2H3,(H,21,27)/t16-/m0/s1. The number of carbonyl (C=O) groups excluding carboxylic acids is 1. The van der Waals surface area contributed by atoms with Crippen molar-refractivity contribution in [2.75, 3.05) is 18.0 Å². The van der Waals surface area contributed by atoms with E-state index in [1.165, 1.54) is 27.5 Å². The van der Waals surface area contributed by atoms with E-state index in [9.17, 15) is 9.59 Å². The van der Waals surface area contributed by atoms with Gasteiger partial charge in [0.2, 0.25) is 16.0 Å². The summed E-state index contributed by atoms with van der Waals surface area (Å²) in [6.07, 6.45) is 1.78. The van der Waals surface area contributed by atoms with Gasteiger partial charge in [0.1, 0.15) is 0 Å². The molecule has 1 atom stereocenters. The number of amides is 1. The van der Waals surface area contributed by atoms with E-state index in [0.717, 1.165) is 30.1 Å². The highest BCUT2D eigenvalue weighted by Crippen LogP contribution is 2.27. The number of fused-ring (bicyclic) bond motifs is 1. The second-order valence-corrected chi connectivity index (χ2v) is 8.18. The van der Waals surface area contributed by atoms with Gasteiger partial charge < -0.3 is 10.2 Å². The average molecular weight is 398 g/mol. The number of hydrogen-bond acceptors (Lipinski definition) is 6. The molecule has 146 valence electrons. The maximum Gasteiger partial charge on any atom is 0.275 e. The molecular weight excluding hydrogens is 374 g/mol. The molecule has 3 heterocycles. The summed E-state index contributed by atoms with van der Waals surface area (Å²) in [7, 11) is 0. The van der Waals surface area contributed by atoms with Crippen molar-refractivity contribution in [2.45, 2.75) is 33.2 Å². The summed E-state index contributed by atoms with van der Waals surface area (Å²) >= 11 is 1.39.